The highest BCUT2D eigenvalue weighted by atomic mass is 32.2. The van der Waals surface area contributed by atoms with Crippen LogP contribution in [0.5, 0.6) is 5.75 Å². The van der Waals surface area contributed by atoms with E-state index in [1.165, 1.54) is 11.1 Å². The fourth-order valence-corrected chi connectivity index (χ4v) is 7.27. The summed E-state index contributed by atoms with van der Waals surface area (Å²) in [7, 11) is -1.95. The molecule has 0 radical (unpaired) electrons. The number of amides is 1. The Morgan fingerprint density at radius 3 is 2.41 bits per heavy atom. The number of anilines is 1. The van der Waals surface area contributed by atoms with Crippen LogP contribution in [0.25, 0.3) is 11.1 Å². The Morgan fingerprint density at radius 1 is 1.07 bits per heavy atom. The lowest BCUT2D eigenvalue weighted by atomic mass is 10.0. The van der Waals surface area contributed by atoms with E-state index in [0.29, 0.717) is 30.9 Å². The van der Waals surface area contributed by atoms with Gasteiger partial charge >= 0.3 is 0 Å². The summed E-state index contributed by atoms with van der Waals surface area (Å²) >= 11 is 0. The number of fused-ring (bicyclic) bond motifs is 1. The third-order valence-corrected chi connectivity index (χ3v) is 10.0. The Balaban J connectivity index is 1.38. The minimum Gasteiger partial charge on any atom is -0.488 e. The fraction of sp³-hybridized carbons (Fsp3) is 0.371. The van der Waals surface area contributed by atoms with Crippen molar-refractivity contribution < 1.29 is 27.6 Å². The van der Waals surface area contributed by atoms with Crippen molar-refractivity contribution in [1.29, 1.82) is 0 Å². The van der Waals surface area contributed by atoms with E-state index in [1.807, 2.05) is 32.2 Å². The normalized spacial score (nSPS) is 17.9. The molecule has 0 saturated carbocycles. The number of hydrogen-bond acceptors (Lipinski definition) is 8. The van der Waals surface area contributed by atoms with Gasteiger partial charge in [0.2, 0.25) is 5.91 Å². The third-order valence-electron chi connectivity index (χ3n) is 8.41. The van der Waals surface area contributed by atoms with Crippen LogP contribution in [0, 0.1) is 19.8 Å². The van der Waals surface area contributed by atoms with Crippen LogP contribution >= 0.6 is 0 Å². The highest BCUT2D eigenvalue weighted by molar-refractivity contribution is 7.92. The van der Waals surface area contributed by atoms with Gasteiger partial charge in [0.05, 0.1) is 19.1 Å². The lowest BCUT2D eigenvalue weighted by Gasteiger charge is -2.34. The van der Waals surface area contributed by atoms with Crippen LogP contribution < -0.4 is 9.46 Å². The maximum atomic E-state index is 13.6. The molecule has 0 bridgehead atoms. The summed E-state index contributed by atoms with van der Waals surface area (Å²) in [6.07, 6.45) is -0.305. The number of nitrogens with one attached hydrogen (secondary N) is 1. The highest BCUT2D eigenvalue weighted by Gasteiger charge is 2.32. The van der Waals surface area contributed by atoms with Crippen molar-refractivity contribution in [2.45, 2.75) is 57.7 Å². The van der Waals surface area contributed by atoms with Gasteiger partial charge in [0.25, 0.3) is 10.0 Å². The summed E-state index contributed by atoms with van der Waals surface area (Å²) in [6.45, 7) is 8.49. The lowest BCUT2D eigenvalue weighted by Crippen LogP contribution is -2.47. The molecule has 11 heteroatoms. The van der Waals surface area contributed by atoms with E-state index in [-0.39, 0.29) is 59.0 Å². The zero-order valence-corrected chi connectivity index (χ0v) is 27.8. The summed E-state index contributed by atoms with van der Waals surface area (Å²) < 4.78 is 40.7. The first-order chi connectivity index (χ1) is 21.9. The van der Waals surface area contributed by atoms with Crippen molar-refractivity contribution in [3.05, 3.63) is 95.4 Å². The Bertz CT molecular complexity index is 1740. The molecule has 0 spiro atoms. The number of aryl methyl sites for hydroxylation is 2. The Morgan fingerprint density at radius 2 is 1.76 bits per heavy atom. The molecule has 2 N–H and O–H groups in total. The molecule has 1 aliphatic heterocycles. The largest absolute Gasteiger partial charge is 0.488 e. The first-order valence-electron chi connectivity index (χ1n) is 15.4. The van der Waals surface area contributed by atoms with E-state index in [2.05, 4.69) is 58.1 Å². The molecule has 1 amide bonds. The molecular formula is C35H42N4O6S. The zero-order valence-electron chi connectivity index (χ0n) is 26.9. The zero-order chi connectivity index (χ0) is 33.0. The molecule has 0 saturated heterocycles. The monoisotopic (exact) mass is 646 g/mol. The van der Waals surface area contributed by atoms with Gasteiger partial charge in [-0.2, -0.15) is 0 Å². The molecule has 1 aromatic heterocycles. The molecule has 0 fully saturated rings. The molecule has 10 nitrogen and oxygen atoms in total. The summed E-state index contributed by atoms with van der Waals surface area (Å²) in [5.41, 5.74) is 4.60. The number of aliphatic hydroxyl groups is 1. The SMILES string of the molecule is Cc1noc(C)c1S(=O)(=O)Nc1ccc2c(c1)CC(=O)N([C@@H](C)CO)C[C@@H](C)[C@H](CN(C)Cc1ccc(-c3ccccc3)cc1)O2. The van der Waals surface area contributed by atoms with Crippen molar-refractivity contribution in [2.75, 3.05) is 31.5 Å². The Labute approximate surface area is 271 Å². The van der Waals surface area contributed by atoms with E-state index >= 15 is 0 Å². The van der Waals surface area contributed by atoms with Gasteiger partial charge in [-0.05, 0) is 62.7 Å². The molecule has 5 rings (SSSR count). The summed E-state index contributed by atoms with van der Waals surface area (Å²) in [4.78, 5) is 17.5. The smallest absolute Gasteiger partial charge is 0.267 e. The minimum absolute atomic E-state index is 0.0103. The maximum absolute atomic E-state index is 13.6. The Kier molecular flexibility index (Phi) is 10.1. The van der Waals surface area contributed by atoms with E-state index in [0.717, 1.165) is 5.56 Å². The van der Waals surface area contributed by atoms with Gasteiger partial charge in [0, 0.05) is 36.8 Å². The molecule has 3 aromatic carbocycles. The Hall–Kier alpha value is -4.19. The number of rotatable bonds is 10. The van der Waals surface area contributed by atoms with Crippen LogP contribution in [0.4, 0.5) is 5.69 Å². The molecule has 0 unspecified atom stereocenters. The molecule has 244 valence electrons. The van der Waals surface area contributed by atoms with Gasteiger partial charge in [0.15, 0.2) is 10.7 Å². The first-order valence-corrected chi connectivity index (χ1v) is 16.9. The standard InChI is InChI=1S/C35H42N4O6S/c1-23-19-39(24(2)22-40)34(41)18-30-17-31(37-46(42,43)35-25(3)36-45-26(35)4)15-16-32(30)44-33(23)21-38(5)20-27-11-13-29(14-12-27)28-9-7-6-8-10-28/h6-17,23-24,33,37,40H,18-22H2,1-5H3/t23-,24+,33+/m1/s1. The molecule has 1 aliphatic rings. The van der Waals surface area contributed by atoms with Crippen LogP contribution in [-0.2, 0) is 27.8 Å². The van der Waals surface area contributed by atoms with Gasteiger partial charge in [0.1, 0.15) is 17.5 Å². The number of carbonyl (C=O) groups is 1. The summed E-state index contributed by atoms with van der Waals surface area (Å²) in [5, 5.41) is 13.7. The number of benzene rings is 3. The van der Waals surface area contributed by atoms with E-state index in [4.69, 9.17) is 9.26 Å². The molecule has 3 atom stereocenters. The second-order valence-corrected chi connectivity index (χ2v) is 13.8. The highest BCUT2D eigenvalue weighted by Crippen LogP contribution is 2.31. The number of aromatic nitrogens is 1. The number of sulfonamides is 1. The van der Waals surface area contributed by atoms with Gasteiger partial charge in [-0.3, -0.25) is 14.4 Å². The number of hydrogen-bond donors (Lipinski definition) is 2. The van der Waals surface area contributed by atoms with Crippen LogP contribution in [0.2, 0.25) is 0 Å². The van der Waals surface area contributed by atoms with Crippen LogP contribution in [0.3, 0.4) is 0 Å². The predicted molar refractivity (Wildman–Crippen MR) is 177 cm³/mol. The van der Waals surface area contributed by atoms with Gasteiger partial charge < -0.3 is 19.3 Å². The number of ether oxygens (including phenoxy) is 1. The third kappa shape index (κ3) is 7.60. The van der Waals surface area contributed by atoms with Crippen LogP contribution in [-0.4, -0.2) is 73.3 Å². The van der Waals surface area contributed by atoms with Gasteiger partial charge in [-0.15, -0.1) is 0 Å². The van der Waals surface area contributed by atoms with Gasteiger partial charge in [-0.25, -0.2) is 8.42 Å². The molecule has 46 heavy (non-hydrogen) atoms. The average Bonchev–Trinajstić information content (AvgIpc) is 3.40. The number of likely N-dealkylation sites (N-methyl/N-ethyl adjacent to an activating group) is 1. The number of carbonyl (C=O) groups excluding carboxylic acids is 1. The number of aliphatic hydroxyl groups excluding tert-OH is 1. The molecule has 4 aromatic rings. The quantitative estimate of drug-likeness (QED) is 0.246. The minimum atomic E-state index is -3.99. The second-order valence-electron chi connectivity index (χ2n) is 12.2. The van der Waals surface area contributed by atoms with Gasteiger partial charge in [-0.1, -0.05) is 66.7 Å². The average molecular weight is 647 g/mol. The molecule has 2 heterocycles. The maximum Gasteiger partial charge on any atom is 0.267 e. The van der Waals surface area contributed by atoms with E-state index < -0.39 is 10.0 Å². The number of nitrogens with zero attached hydrogens (tertiary/aromatic N) is 3. The summed E-state index contributed by atoms with van der Waals surface area (Å²) in [6, 6.07) is 23.4. The van der Waals surface area contributed by atoms with Crippen LogP contribution in [0.15, 0.2) is 82.2 Å². The van der Waals surface area contributed by atoms with E-state index in [9.17, 15) is 18.3 Å². The predicted octanol–water partition coefficient (Wildman–Crippen LogP) is 5.04. The van der Waals surface area contributed by atoms with Crippen molar-refractivity contribution in [2.24, 2.45) is 5.92 Å². The van der Waals surface area contributed by atoms with E-state index in [1.54, 1.807) is 36.9 Å². The topological polar surface area (TPSA) is 125 Å². The second kappa shape index (κ2) is 14.1. The first kappa shape index (κ1) is 33.2. The van der Waals surface area contributed by atoms with Crippen molar-refractivity contribution in [3.63, 3.8) is 0 Å². The van der Waals surface area contributed by atoms with Crippen LogP contribution in [0.1, 0.15) is 36.4 Å². The van der Waals surface area contributed by atoms with Crippen molar-refractivity contribution in [1.82, 2.24) is 15.0 Å². The summed E-state index contributed by atoms with van der Waals surface area (Å²) in [5.74, 6) is 0.471. The fourth-order valence-electron chi connectivity index (χ4n) is 5.89. The van der Waals surface area contributed by atoms with Crippen molar-refractivity contribution >= 4 is 21.6 Å². The molecular weight excluding hydrogens is 604 g/mol. The lowest BCUT2D eigenvalue weighted by molar-refractivity contribution is -0.134. The van der Waals surface area contributed by atoms with Crippen molar-refractivity contribution in [3.8, 4) is 16.9 Å². The molecule has 0 aliphatic carbocycles.